The quantitative estimate of drug-likeness (QED) is 0.867. The van der Waals surface area contributed by atoms with Crippen LogP contribution < -0.4 is 0 Å². The Balaban J connectivity index is 3.19. The number of carbonyl (C=O) groups excluding carboxylic acids is 1. The predicted octanol–water partition coefficient (Wildman–Crippen LogP) is 2.19. The van der Waals surface area contributed by atoms with Crippen LogP contribution in [0.15, 0.2) is 12.1 Å². The molecule has 21 heavy (non-hydrogen) atoms. The average Bonchev–Trinajstić information content (AvgIpc) is 2.23. The number of carboxylic acid groups (broad SMARTS) is 1. The van der Waals surface area contributed by atoms with Crippen molar-refractivity contribution in [3.63, 3.8) is 0 Å². The minimum Gasteiger partial charge on any atom is -0.480 e. The Morgan fingerprint density at radius 3 is 1.95 bits per heavy atom. The Morgan fingerprint density at radius 2 is 1.57 bits per heavy atom. The maximum absolute atomic E-state index is 13.3. The van der Waals surface area contributed by atoms with Gasteiger partial charge in [-0.2, -0.15) is 13.2 Å². The number of rotatable bonds is 4. The van der Waals surface area contributed by atoms with Gasteiger partial charge in [-0.3, -0.25) is 9.59 Å². The van der Waals surface area contributed by atoms with Crippen molar-refractivity contribution in [1.29, 1.82) is 0 Å². The number of nitrogens with zero attached hydrogens (tertiary/aromatic N) is 1. The molecule has 1 aromatic rings. The molecule has 0 aliphatic rings. The number of alkyl halides is 3. The Morgan fingerprint density at radius 1 is 1.10 bits per heavy atom. The first-order valence-corrected chi connectivity index (χ1v) is 5.23. The summed E-state index contributed by atoms with van der Waals surface area (Å²) < 4.78 is 76.1. The number of aliphatic carboxylic acids is 1. The smallest absolute Gasteiger partial charge is 0.406 e. The second kappa shape index (κ2) is 6.02. The van der Waals surface area contributed by atoms with E-state index in [1.54, 1.807) is 0 Å². The lowest BCUT2D eigenvalue weighted by atomic mass is 10.1. The molecule has 1 aromatic carbocycles. The van der Waals surface area contributed by atoms with Gasteiger partial charge in [-0.25, -0.2) is 13.2 Å². The fraction of sp³-hybridized carbons (Fsp3) is 0.273. The first-order valence-electron chi connectivity index (χ1n) is 5.23. The summed E-state index contributed by atoms with van der Waals surface area (Å²) in [7, 11) is 0. The van der Waals surface area contributed by atoms with Gasteiger partial charge in [0.05, 0.1) is 0 Å². The third kappa shape index (κ3) is 4.65. The van der Waals surface area contributed by atoms with Crippen molar-refractivity contribution in [2.75, 3.05) is 13.1 Å². The van der Waals surface area contributed by atoms with Gasteiger partial charge in [-0.15, -0.1) is 0 Å². The van der Waals surface area contributed by atoms with Gasteiger partial charge < -0.3 is 10.0 Å². The van der Waals surface area contributed by atoms with E-state index in [0.29, 0.717) is 0 Å². The Labute approximate surface area is 113 Å². The summed E-state index contributed by atoms with van der Waals surface area (Å²) in [5.41, 5.74) is -1.46. The molecule has 0 heterocycles. The SMILES string of the molecule is O=C(O)CN(CC(F)(F)F)C(=O)c1c(F)cc(F)cc1F. The number of hydrogen-bond donors (Lipinski definition) is 1. The monoisotopic (exact) mass is 315 g/mol. The Bertz CT molecular complexity index is 549. The lowest BCUT2D eigenvalue weighted by Gasteiger charge is -2.22. The number of carboxylic acids is 1. The normalized spacial score (nSPS) is 11.3. The van der Waals surface area contributed by atoms with E-state index in [9.17, 15) is 35.9 Å². The lowest BCUT2D eigenvalue weighted by molar-refractivity contribution is -0.149. The van der Waals surface area contributed by atoms with Crippen LogP contribution in [0.4, 0.5) is 26.3 Å². The summed E-state index contributed by atoms with van der Waals surface area (Å²) >= 11 is 0. The topological polar surface area (TPSA) is 57.6 Å². The van der Waals surface area contributed by atoms with E-state index >= 15 is 0 Å². The number of amides is 1. The van der Waals surface area contributed by atoms with Gasteiger partial charge in [0.25, 0.3) is 5.91 Å². The largest absolute Gasteiger partial charge is 0.480 e. The van der Waals surface area contributed by atoms with E-state index in [1.807, 2.05) is 0 Å². The highest BCUT2D eigenvalue weighted by molar-refractivity contribution is 5.96. The highest BCUT2D eigenvalue weighted by atomic mass is 19.4. The molecule has 1 amide bonds. The maximum atomic E-state index is 13.3. The Kier molecular flexibility index (Phi) is 4.81. The van der Waals surface area contributed by atoms with Crippen LogP contribution >= 0.6 is 0 Å². The van der Waals surface area contributed by atoms with Crippen LogP contribution in [-0.4, -0.2) is 41.1 Å². The van der Waals surface area contributed by atoms with E-state index in [0.717, 1.165) is 0 Å². The van der Waals surface area contributed by atoms with Crippen molar-refractivity contribution in [1.82, 2.24) is 4.90 Å². The zero-order chi connectivity index (χ0) is 16.4. The molecule has 0 bridgehead atoms. The number of benzene rings is 1. The first-order chi connectivity index (χ1) is 9.51. The van der Waals surface area contributed by atoms with Gasteiger partial charge in [0, 0.05) is 12.1 Å². The molecule has 0 unspecified atom stereocenters. The molecule has 10 heteroatoms. The van der Waals surface area contributed by atoms with E-state index in [1.165, 1.54) is 0 Å². The summed E-state index contributed by atoms with van der Waals surface area (Å²) in [5, 5.41) is 8.45. The van der Waals surface area contributed by atoms with Crippen LogP contribution in [0, 0.1) is 17.5 Å². The number of hydrogen-bond acceptors (Lipinski definition) is 2. The summed E-state index contributed by atoms with van der Waals surface area (Å²) in [5.74, 6) is -8.48. The van der Waals surface area contributed by atoms with E-state index in [-0.39, 0.29) is 17.0 Å². The molecule has 0 aliphatic carbocycles. The van der Waals surface area contributed by atoms with Gasteiger partial charge in [0.1, 0.15) is 36.1 Å². The van der Waals surface area contributed by atoms with Crippen LogP contribution in [0.25, 0.3) is 0 Å². The molecule has 1 N–H and O–H groups in total. The van der Waals surface area contributed by atoms with Crippen molar-refractivity contribution in [2.24, 2.45) is 0 Å². The molecular weight excluding hydrogens is 308 g/mol. The molecule has 0 atom stereocenters. The zero-order valence-corrected chi connectivity index (χ0v) is 10.0. The van der Waals surface area contributed by atoms with Gasteiger partial charge in [0.15, 0.2) is 0 Å². The van der Waals surface area contributed by atoms with Crippen molar-refractivity contribution in [2.45, 2.75) is 6.18 Å². The van der Waals surface area contributed by atoms with Crippen molar-refractivity contribution in [3.8, 4) is 0 Å². The zero-order valence-electron chi connectivity index (χ0n) is 10.0. The second-order valence-corrected chi connectivity index (χ2v) is 3.91. The van der Waals surface area contributed by atoms with Crippen molar-refractivity contribution >= 4 is 11.9 Å². The maximum Gasteiger partial charge on any atom is 0.406 e. The minimum atomic E-state index is -4.97. The number of halogens is 6. The molecule has 0 saturated carbocycles. The van der Waals surface area contributed by atoms with Crippen molar-refractivity contribution in [3.05, 3.63) is 35.1 Å². The fourth-order valence-electron chi connectivity index (χ4n) is 1.48. The van der Waals surface area contributed by atoms with Crippen LogP contribution in [0.2, 0.25) is 0 Å². The lowest BCUT2D eigenvalue weighted by Crippen LogP contribution is -2.42. The van der Waals surface area contributed by atoms with Crippen LogP contribution in [0.1, 0.15) is 10.4 Å². The highest BCUT2D eigenvalue weighted by Gasteiger charge is 2.36. The third-order valence-corrected chi connectivity index (χ3v) is 2.20. The molecule has 0 fully saturated rings. The van der Waals surface area contributed by atoms with Gasteiger partial charge in [-0.1, -0.05) is 0 Å². The summed E-state index contributed by atoms with van der Waals surface area (Å²) in [6.45, 7) is -3.44. The second-order valence-electron chi connectivity index (χ2n) is 3.91. The molecule has 1 rings (SSSR count). The molecule has 0 aromatic heterocycles. The fourth-order valence-corrected chi connectivity index (χ4v) is 1.48. The van der Waals surface area contributed by atoms with Gasteiger partial charge in [0.2, 0.25) is 0 Å². The molecule has 116 valence electrons. The third-order valence-electron chi connectivity index (χ3n) is 2.20. The standard InChI is InChI=1S/C11H7F6NO3/c12-5-1-6(13)9(7(14)2-5)10(21)18(3-8(19)20)4-11(15,16)17/h1-2H,3-4H2,(H,19,20). The number of carbonyl (C=O) groups is 2. The summed E-state index contributed by atoms with van der Waals surface area (Å²) in [6, 6.07) is 0.200. The molecular formula is C11H7F6NO3. The van der Waals surface area contributed by atoms with Gasteiger partial charge in [-0.05, 0) is 0 Å². The predicted molar refractivity (Wildman–Crippen MR) is 55.9 cm³/mol. The summed E-state index contributed by atoms with van der Waals surface area (Å²) in [4.78, 5) is 21.8. The first kappa shape index (κ1) is 16.8. The van der Waals surface area contributed by atoms with Crippen LogP contribution in [-0.2, 0) is 4.79 Å². The molecule has 0 spiro atoms. The van der Waals surface area contributed by atoms with Crippen LogP contribution in [0.5, 0.6) is 0 Å². The summed E-state index contributed by atoms with van der Waals surface area (Å²) in [6.07, 6.45) is -4.97. The molecule has 0 radical (unpaired) electrons. The molecule has 4 nitrogen and oxygen atoms in total. The average molecular weight is 315 g/mol. The van der Waals surface area contributed by atoms with Crippen molar-refractivity contribution < 1.29 is 41.0 Å². The highest BCUT2D eigenvalue weighted by Crippen LogP contribution is 2.21. The van der Waals surface area contributed by atoms with E-state index in [2.05, 4.69) is 0 Å². The molecule has 0 aliphatic heterocycles. The van der Waals surface area contributed by atoms with E-state index < -0.39 is 54.2 Å². The minimum absolute atomic E-state index is 0.100. The Hall–Kier alpha value is -2.26. The van der Waals surface area contributed by atoms with E-state index in [4.69, 9.17) is 5.11 Å². The van der Waals surface area contributed by atoms with Gasteiger partial charge >= 0.3 is 12.1 Å². The van der Waals surface area contributed by atoms with Crippen LogP contribution in [0.3, 0.4) is 0 Å². The molecule has 0 saturated heterocycles.